The molecule has 0 fully saturated rings. The molecule has 0 aliphatic carbocycles. The second-order valence-electron chi connectivity index (χ2n) is 14.0. The Kier molecular flexibility index (Phi) is 8.47. The van der Waals surface area contributed by atoms with Crippen LogP contribution in [0.2, 0.25) is 0 Å². The molecule has 3 N–H and O–H groups in total. The number of aliphatic imine (C=N–C) groups is 1. The minimum absolute atomic E-state index is 0.00255. The summed E-state index contributed by atoms with van der Waals surface area (Å²) < 4.78 is 0. The van der Waals surface area contributed by atoms with E-state index >= 15 is 0 Å². The third-order valence-corrected chi connectivity index (χ3v) is 6.47. The van der Waals surface area contributed by atoms with Gasteiger partial charge in [0, 0.05) is 11.1 Å². The van der Waals surface area contributed by atoms with Crippen LogP contribution in [0.1, 0.15) is 105 Å². The van der Waals surface area contributed by atoms with Crippen LogP contribution in [0, 0.1) is 10.1 Å². The van der Waals surface area contributed by atoms with Gasteiger partial charge in [0.15, 0.2) is 0 Å². The molecule has 7 heteroatoms. The van der Waals surface area contributed by atoms with Gasteiger partial charge in [-0.15, -0.1) is 0 Å². The first kappa shape index (κ1) is 30.9. The molecule has 208 valence electrons. The van der Waals surface area contributed by atoms with Crippen molar-refractivity contribution in [3.8, 4) is 11.5 Å². The quantitative estimate of drug-likeness (QED) is 0.158. The van der Waals surface area contributed by atoms with Crippen molar-refractivity contribution in [1.29, 1.82) is 0 Å². The number of hydrogen-bond donors (Lipinski definition) is 3. The van der Waals surface area contributed by atoms with Crippen molar-refractivity contribution in [2.24, 2.45) is 4.99 Å². The molecule has 0 spiro atoms. The number of benzene rings is 2. The molecule has 0 bridgehead atoms. The summed E-state index contributed by atoms with van der Waals surface area (Å²) in [5.74, 6) is 0.0504. The second kappa shape index (κ2) is 10.4. The van der Waals surface area contributed by atoms with Crippen LogP contribution in [0.25, 0.3) is 0 Å². The van der Waals surface area contributed by atoms with Gasteiger partial charge < -0.3 is 15.5 Å². The minimum Gasteiger partial charge on any atom is -0.505 e. The zero-order valence-corrected chi connectivity index (χ0v) is 25.1. The highest BCUT2D eigenvalue weighted by Gasteiger charge is 2.26. The van der Waals surface area contributed by atoms with Crippen molar-refractivity contribution >= 4 is 17.6 Å². The molecule has 0 aliphatic heterocycles. The van der Waals surface area contributed by atoms with E-state index in [-0.39, 0.29) is 44.5 Å². The molecular formula is C31H45N3O4. The fraction of sp³-hybridized carbons (Fsp3) is 0.516. The van der Waals surface area contributed by atoms with E-state index in [0.717, 1.165) is 28.5 Å². The number of nitro groups is 1. The van der Waals surface area contributed by atoms with Gasteiger partial charge in [-0.1, -0.05) is 95.2 Å². The molecule has 2 aromatic carbocycles. The van der Waals surface area contributed by atoms with Crippen LogP contribution in [-0.4, -0.2) is 21.4 Å². The number of hydrogen-bond acceptors (Lipinski definition) is 6. The molecule has 0 amide bonds. The van der Waals surface area contributed by atoms with Gasteiger partial charge in [0.1, 0.15) is 23.4 Å². The number of nitrogens with one attached hydrogen (secondary N) is 1. The van der Waals surface area contributed by atoms with Crippen molar-refractivity contribution in [1.82, 2.24) is 0 Å². The maximum absolute atomic E-state index is 11.9. The lowest BCUT2D eigenvalue weighted by atomic mass is 9.79. The molecule has 0 aromatic heterocycles. The standard InChI is InChI=1S/C31H45N3O4/c1-28(2,3)19-13-22(30(7,8)9)26(35)24(15-19)32-17-21(34(37)38)18-33-25-16-20(29(4,5)6)14-23(27(25)36)31(10,11)12/h13-18,32,35-36H,1-12H3. The van der Waals surface area contributed by atoms with Crippen LogP contribution in [0.5, 0.6) is 11.5 Å². The smallest absolute Gasteiger partial charge is 0.303 e. The van der Waals surface area contributed by atoms with Crippen LogP contribution < -0.4 is 5.32 Å². The van der Waals surface area contributed by atoms with Crippen molar-refractivity contribution < 1.29 is 15.1 Å². The Labute approximate surface area is 227 Å². The van der Waals surface area contributed by atoms with Crippen LogP contribution in [0.15, 0.2) is 41.2 Å². The third kappa shape index (κ3) is 7.36. The summed E-state index contributed by atoms with van der Waals surface area (Å²) in [7, 11) is 0. The molecular weight excluding hydrogens is 478 g/mol. The molecule has 0 radical (unpaired) electrons. The maximum atomic E-state index is 11.9. The SMILES string of the molecule is CC(C)(C)c1cc(N=CC(=CNc2cc(C(C)(C)C)cc(C(C)(C)C)c2O)[N+](=O)[O-])c(O)c(C(C)(C)C)c1. The summed E-state index contributed by atoms with van der Waals surface area (Å²) in [6, 6.07) is 7.53. The van der Waals surface area contributed by atoms with Crippen molar-refractivity contribution in [2.75, 3.05) is 5.32 Å². The van der Waals surface area contributed by atoms with Gasteiger partial charge in [0.2, 0.25) is 0 Å². The molecule has 0 unspecified atom stereocenters. The van der Waals surface area contributed by atoms with E-state index < -0.39 is 4.92 Å². The van der Waals surface area contributed by atoms with Crippen molar-refractivity contribution in [3.05, 3.63) is 68.5 Å². The second-order valence-corrected chi connectivity index (χ2v) is 14.0. The first-order valence-corrected chi connectivity index (χ1v) is 12.9. The molecule has 7 nitrogen and oxygen atoms in total. The highest BCUT2D eigenvalue weighted by atomic mass is 16.6. The highest BCUT2D eigenvalue weighted by molar-refractivity contribution is 5.81. The molecule has 0 saturated heterocycles. The lowest BCUT2D eigenvalue weighted by Gasteiger charge is -2.27. The minimum atomic E-state index is -0.554. The van der Waals surface area contributed by atoms with E-state index in [2.05, 4.69) is 51.9 Å². The molecule has 2 rings (SSSR count). The third-order valence-electron chi connectivity index (χ3n) is 6.47. The monoisotopic (exact) mass is 523 g/mol. The average Bonchev–Trinajstić information content (AvgIpc) is 2.71. The van der Waals surface area contributed by atoms with E-state index in [0.29, 0.717) is 5.69 Å². The van der Waals surface area contributed by atoms with E-state index in [1.165, 1.54) is 6.20 Å². The summed E-state index contributed by atoms with van der Waals surface area (Å²) in [6.45, 7) is 24.4. The Morgan fingerprint density at radius 3 is 1.63 bits per heavy atom. The van der Waals surface area contributed by atoms with Gasteiger partial charge in [-0.25, -0.2) is 4.99 Å². The summed E-state index contributed by atoms with van der Waals surface area (Å²) >= 11 is 0. The van der Waals surface area contributed by atoms with Gasteiger partial charge in [0.05, 0.1) is 16.8 Å². The molecule has 0 heterocycles. The van der Waals surface area contributed by atoms with E-state index in [1.807, 2.05) is 59.7 Å². The summed E-state index contributed by atoms with van der Waals surface area (Å²) in [6.07, 6.45) is 2.34. The maximum Gasteiger partial charge on any atom is 0.303 e. The molecule has 0 atom stereocenters. The largest absolute Gasteiger partial charge is 0.505 e. The van der Waals surface area contributed by atoms with Crippen molar-refractivity contribution in [3.63, 3.8) is 0 Å². The first-order valence-electron chi connectivity index (χ1n) is 12.9. The number of allylic oxidation sites excluding steroid dienone is 1. The lowest BCUT2D eigenvalue weighted by molar-refractivity contribution is -0.414. The van der Waals surface area contributed by atoms with Gasteiger partial charge in [0.25, 0.3) is 0 Å². The predicted octanol–water partition coefficient (Wildman–Crippen LogP) is 8.22. The Morgan fingerprint density at radius 2 is 1.21 bits per heavy atom. The van der Waals surface area contributed by atoms with Gasteiger partial charge >= 0.3 is 5.70 Å². The Balaban J connectivity index is 2.61. The number of aromatic hydroxyl groups is 2. The van der Waals surface area contributed by atoms with Gasteiger partial charge in [-0.05, 0) is 44.9 Å². The molecule has 2 aromatic rings. The summed E-state index contributed by atoms with van der Waals surface area (Å²) in [5, 5.41) is 36.8. The molecule has 0 aliphatic rings. The number of phenolic OH excluding ortho intramolecular Hbond substituents is 2. The van der Waals surface area contributed by atoms with Gasteiger partial charge in [-0.2, -0.15) is 0 Å². The van der Waals surface area contributed by atoms with E-state index in [9.17, 15) is 20.3 Å². The number of rotatable bonds is 5. The number of nitrogens with zero attached hydrogens (tertiary/aromatic N) is 2. The number of phenols is 2. The number of anilines is 1. The Bertz CT molecular complexity index is 1260. The van der Waals surface area contributed by atoms with E-state index in [1.54, 1.807) is 6.07 Å². The summed E-state index contributed by atoms with van der Waals surface area (Å²) in [4.78, 5) is 15.7. The van der Waals surface area contributed by atoms with Crippen molar-refractivity contribution in [2.45, 2.75) is 105 Å². The van der Waals surface area contributed by atoms with Crippen LogP contribution in [-0.2, 0) is 21.7 Å². The normalized spacial score (nSPS) is 13.7. The lowest BCUT2D eigenvalue weighted by Crippen LogP contribution is -2.17. The fourth-order valence-corrected chi connectivity index (χ4v) is 3.90. The zero-order chi connectivity index (χ0) is 29.4. The van der Waals surface area contributed by atoms with Crippen LogP contribution >= 0.6 is 0 Å². The topological polar surface area (TPSA) is 108 Å². The summed E-state index contributed by atoms with van der Waals surface area (Å²) in [5.41, 5.74) is 2.67. The fourth-order valence-electron chi connectivity index (χ4n) is 3.90. The predicted molar refractivity (Wildman–Crippen MR) is 158 cm³/mol. The van der Waals surface area contributed by atoms with Crippen LogP contribution in [0.3, 0.4) is 0 Å². The molecule has 38 heavy (non-hydrogen) atoms. The highest BCUT2D eigenvalue weighted by Crippen LogP contribution is 2.42. The van der Waals surface area contributed by atoms with E-state index in [4.69, 9.17) is 0 Å². The molecule has 0 saturated carbocycles. The van der Waals surface area contributed by atoms with Gasteiger partial charge in [-0.3, -0.25) is 10.1 Å². The van der Waals surface area contributed by atoms with Crippen LogP contribution in [0.4, 0.5) is 11.4 Å². The zero-order valence-electron chi connectivity index (χ0n) is 25.1. The average molecular weight is 524 g/mol. The Hall–Kier alpha value is -3.35. The Morgan fingerprint density at radius 1 is 0.763 bits per heavy atom. The first-order chi connectivity index (χ1) is 17.0.